The third kappa shape index (κ3) is 9.35. The molecule has 0 heterocycles. The number of carbonyl (C=O) groups is 1. The standard InChI is InChI=1S/C6H13NO3.H2O/c1-7(3-4-10-2)5-6(8)9;/h3-5H2,1-2H3,(H,8,9);1H2. The third-order valence-electron chi connectivity index (χ3n) is 1.08. The Labute approximate surface area is 65.9 Å². The number of hydrogen-bond donors (Lipinski definition) is 1. The van der Waals surface area contributed by atoms with Gasteiger partial charge in [-0.3, -0.25) is 9.69 Å². The molecule has 0 aliphatic carbocycles. The van der Waals surface area contributed by atoms with Crippen molar-refractivity contribution in [3.8, 4) is 0 Å². The largest absolute Gasteiger partial charge is 0.480 e. The molecule has 0 aromatic rings. The summed E-state index contributed by atoms with van der Waals surface area (Å²) >= 11 is 0. The lowest BCUT2D eigenvalue weighted by atomic mass is 10.5. The molecule has 0 rings (SSSR count). The van der Waals surface area contributed by atoms with Gasteiger partial charge in [0.1, 0.15) is 0 Å². The smallest absolute Gasteiger partial charge is 0.317 e. The van der Waals surface area contributed by atoms with Gasteiger partial charge in [0.05, 0.1) is 13.2 Å². The molecule has 0 fully saturated rings. The van der Waals surface area contributed by atoms with E-state index in [0.717, 1.165) is 0 Å². The maximum absolute atomic E-state index is 10.1. The van der Waals surface area contributed by atoms with E-state index in [2.05, 4.69) is 0 Å². The van der Waals surface area contributed by atoms with Crippen LogP contribution in [0.1, 0.15) is 0 Å². The van der Waals surface area contributed by atoms with Gasteiger partial charge in [-0.2, -0.15) is 0 Å². The minimum atomic E-state index is -0.807. The number of rotatable bonds is 5. The zero-order valence-electron chi connectivity index (χ0n) is 6.83. The molecular formula is C6H15NO4. The molecule has 68 valence electrons. The molecule has 11 heavy (non-hydrogen) atoms. The van der Waals surface area contributed by atoms with Gasteiger partial charge in [-0.15, -0.1) is 0 Å². The average molecular weight is 165 g/mol. The van der Waals surface area contributed by atoms with Crippen LogP contribution in [0, 0.1) is 0 Å². The van der Waals surface area contributed by atoms with Gasteiger partial charge < -0.3 is 15.3 Å². The Kier molecular flexibility index (Phi) is 8.80. The SMILES string of the molecule is COCCN(C)CC(=O)O.O. The van der Waals surface area contributed by atoms with E-state index < -0.39 is 5.97 Å². The topological polar surface area (TPSA) is 81.3 Å². The van der Waals surface area contributed by atoms with Gasteiger partial charge in [0.15, 0.2) is 0 Å². The number of likely N-dealkylation sites (N-methyl/N-ethyl adjacent to an activating group) is 1. The van der Waals surface area contributed by atoms with Crippen molar-refractivity contribution in [3.05, 3.63) is 0 Å². The van der Waals surface area contributed by atoms with Crippen molar-refractivity contribution in [2.45, 2.75) is 0 Å². The molecule has 0 bridgehead atoms. The lowest BCUT2D eigenvalue weighted by Crippen LogP contribution is -2.28. The monoisotopic (exact) mass is 165 g/mol. The van der Waals surface area contributed by atoms with Crippen LogP contribution in [0.15, 0.2) is 0 Å². The number of aliphatic carboxylic acids is 1. The van der Waals surface area contributed by atoms with Crippen molar-refractivity contribution >= 4 is 5.97 Å². The maximum atomic E-state index is 10.1. The number of carboxylic acids is 1. The summed E-state index contributed by atoms with van der Waals surface area (Å²) < 4.78 is 4.76. The van der Waals surface area contributed by atoms with Gasteiger partial charge in [-0.25, -0.2) is 0 Å². The molecule has 5 heteroatoms. The molecule has 0 amide bonds. The van der Waals surface area contributed by atoms with Crippen LogP contribution in [0.3, 0.4) is 0 Å². The van der Waals surface area contributed by atoms with Crippen molar-refractivity contribution < 1.29 is 20.1 Å². The number of methoxy groups -OCH3 is 1. The molecule has 0 saturated heterocycles. The van der Waals surface area contributed by atoms with E-state index in [1.807, 2.05) is 0 Å². The van der Waals surface area contributed by atoms with Crippen LogP contribution in [0.5, 0.6) is 0 Å². The summed E-state index contributed by atoms with van der Waals surface area (Å²) in [4.78, 5) is 11.8. The van der Waals surface area contributed by atoms with Crippen molar-refractivity contribution in [2.75, 3.05) is 33.9 Å². The summed E-state index contributed by atoms with van der Waals surface area (Å²) in [5.74, 6) is -0.807. The predicted octanol–water partition coefficient (Wildman–Crippen LogP) is -1.18. The van der Waals surface area contributed by atoms with Crippen molar-refractivity contribution in [1.82, 2.24) is 4.90 Å². The summed E-state index contributed by atoms with van der Waals surface area (Å²) in [7, 11) is 3.34. The molecular weight excluding hydrogens is 150 g/mol. The van der Waals surface area contributed by atoms with Crippen LogP contribution in [0.25, 0.3) is 0 Å². The lowest BCUT2D eigenvalue weighted by molar-refractivity contribution is -0.138. The zero-order valence-corrected chi connectivity index (χ0v) is 6.83. The fraction of sp³-hybridized carbons (Fsp3) is 0.833. The minimum absolute atomic E-state index is 0. The van der Waals surface area contributed by atoms with Gasteiger partial charge in [-0.1, -0.05) is 0 Å². The second-order valence-corrected chi connectivity index (χ2v) is 2.12. The Morgan fingerprint density at radius 1 is 1.64 bits per heavy atom. The summed E-state index contributed by atoms with van der Waals surface area (Å²) in [5.41, 5.74) is 0. The van der Waals surface area contributed by atoms with Crippen LogP contribution >= 0.6 is 0 Å². The molecule has 3 N–H and O–H groups in total. The highest BCUT2D eigenvalue weighted by Gasteiger charge is 2.01. The maximum Gasteiger partial charge on any atom is 0.317 e. The predicted molar refractivity (Wildman–Crippen MR) is 40.6 cm³/mol. The zero-order chi connectivity index (χ0) is 7.98. The molecule has 0 aliphatic rings. The van der Waals surface area contributed by atoms with Crippen LogP contribution < -0.4 is 0 Å². The van der Waals surface area contributed by atoms with Crippen LogP contribution in [0.2, 0.25) is 0 Å². The number of hydrogen-bond acceptors (Lipinski definition) is 3. The summed E-state index contributed by atoms with van der Waals surface area (Å²) in [6.07, 6.45) is 0. The number of nitrogens with zero attached hydrogens (tertiary/aromatic N) is 1. The fourth-order valence-corrected chi connectivity index (χ4v) is 0.557. The van der Waals surface area contributed by atoms with Gasteiger partial charge in [-0.05, 0) is 7.05 Å². The minimum Gasteiger partial charge on any atom is -0.480 e. The van der Waals surface area contributed by atoms with E-state index in [4.69, 9.17) is 9.84 Å². The van der Waals surface area contributed by atoms with E-state index >= 15 is 0 Å². The Bertz CT molecular complexity index is 107. The van der Waals surface area contributed by atoms with E-state index in [-0.39, 0.29) is 12.0 Å². The van der Waals surface area contributed by atoms with Crippen LogP contribution in [-0.2, 0) is 9.53 Å². The molecule has 0 aliphatic heterocycles. The molecule has 0 spiro atoms. The average Bonchev–Trinajstić information content (AvgIpc) is 1.82. The first-order valence-electron chi connectivity index (χ1n) is 3.06. The van der Waals surface area contributed by atoms with Crippen LogP contribution in [-0.4, -0.2) is 55.3 Å². The van der Waals surface area contributed by atoms with E-state index in [1.165, 1.54) is 0 Å². The second-order valence-electron chi connectivity index (χ2n) is 2.12. The summed E-state index contributed by atoms with van der Waals surface area (Å²) in [6.45, 7) is 1.30. The molecule has 0 aromatic heterocycles. The van der Waals surface area contributed by atoms with Crippen molar-refractivity contribution in [3.63, 3.8) is 0 Å². The van der Waals surface area contributed by atoms with Gasteiger partial charge in [0.25, 0.3) is 0 Å². The first kappa shape index (κ1) is 13.0. The normalized spacial score (nSPS) is 9.36. The van der Waals surface area contributed by atoms with Crippen molar-refractivity contribution in [2.24, 2.45) is 0 Å². The highest BCUT2D eigenvalue weighted by Crippen LogP contribution is 1.80. The van der Waals surface area contributed by atoms with E-state index in [1.54, 1.807) is 19.1 Å². The molecule has 5 nitrogen and oxygen atoms in total. The van der Waals surface area contributed by atoms with Crippen LogP contribution in [0.4, 0.5) is 0 Å². The number of ether oxygens (including phenoxy) is 1. The van der Waals surface area contributed by atoms with Gasteiger partial charge in [0, 0.05) is 13.7 Å². The van der Waals surface area contributed by atoms with E-state index in [9.17, 15) is 4.79 Å². The first-order valence-corrected chi connectivity index (χ1v) is 3.06. The Morgan fingerprint density at radius 3 is 2.55 bits per heavy atom. The molecule has 0 aromatic carbocycles. The van der Waals surface area contributed by atoms with E-state index in [0.29, 0.717) is 13.2 Å². The second kappa shape index (κ2) is 7.46. The number of carboxylic acid groups (broad SMARTS) is 1. The fourth-order valence-electron chi connectivity index (χ4n) is 0.557. The van der Waals surface area contributed by atoms with Gasteiger partial charge >= 0.3 is 5.97 Å². The van der Waals surface area contributed by atoms with Crippen molar-refractivity contribution in [1.29, 1.82) is 0 Å². The molecule has 0 unspecified atom stereocenters. The summed E-state index contributed by atoms with van der Waals surface area (Å²) in [5, 5.41) is 8.30. The molecule has 0 atom stereocenters. The highest BCUT2D eigenvalue weighted by atomic mass is 16.5. The third-order valence-corrected chi connectivity index (χ3v) is 1.08. The Hall–Kier alpha value is -0.650. The lowest BCUT2D eigenvalue weighted by Gasteiger charge is -2.11. The first-order chi connectivity index (χ1) is 4.66. The quantitative estimate of drug-likeness (QED) is 0.556. The van der Waals surface area contributed by atoms with Gasteiger partial charge in [0.2, 0.25) is 0 Å². The highest BCUT2D eigenvalue weighted by molar-refractivity contribution is 5.68. The Balaban J connectivity index is 0. The molecule has 0 radical (unpaired) electrons. The Morgan fingerprint density at radius 2 is 2.18 bits per heavy atom. The summed E-state index contributed by atoms with van der Waals surface area (Å²) in [6, 6.07) is 0. The molecule has 0 saturated carbocycles.